The first-order chi connectivity index (χ1) is 16.2. The highest BCUT2D eigenvalue weighted by Crippen LogP contribution is 2.27. The number of nitrogens with zero attached hydrogens (tertiary/aromatic N) is 2. The molecule has 200 valence electrons. The largest absolute Gasteiger partial charge is 0.301 e. The van der Waals surface area contributed by atoms with Gasteiger partial charge in [0.05, 0.1) is 11.4 Å². The van der Waals surface area contributed by atoms with Gasteiger partial charge in [-0.25, -0.2) is 0 Å². The average molecular weight is 585 g/mol. The van der Waals surface area contributed by atoms with Crippen LogP contribution in [0.25, 0.3) is 12.2 Å². The van der Waals surface area contributed by atoms with Gasteiger partial charge in [0.2, 0.25) is 0 Å². The minimum absolute atomic E-state index is 0.149. The van der Waals surface area contributed by atoms with E-state index in [-0.39, 0.29) is 22.5 Å². The standard InChI is InChI=1S/C18H24N4O10S4/c1-21(2)35(29,30)19-15-9-7-13(17(11-15)33(23,24)25)5-6-14-8-10-16(12-18(14)34(26,27)28)20-36(31,32)22(3)4/h5-12,19-20H,1-4H3,(H,23,24,25)(H,26,27,28)/b6-5+. The minimum Gasteiger partial charge on any atom is -0.282 e. The molecule has 2 aromatic carbocycles. The van der Waals surface area contributed by atoms with Crippen molar-refractivity contribution < 1.29 is 42.8 Å². The van der Waals surface area contributed by atoms with E-state index < -0.39 is 50.4 Å². The Bertz CT molecular complexity index is 1490. The summed E-state index contributed by atoms with van der Waals surface area (Å²) in [7, 11) is -12.7. The maximum Gasteiger partial charge on any atom is 0.301 e. The van der Waals surface area contributed by atoms with E-state index in [1.54, 1.807) is 0 Å². The third-order valence-corrected chi connectivity index (χ3v) is 9.21. The average Bonchev–Trinajstić information content (AvgIpc) is 2.71. The normalized spacial score (nSPS) is 13.4. The fourth-order valence-corrected chi connectivity index (χ4v) is 5.21. The summed E-state index contributed by atoms with van der Waals surface area (Å²) < 4.78 is 121. The number of rotatable bonds is 10. The molecule has 0 fully saturated rings. The van der Waals surface area contributed by atoms with Crippen molar-refractivity contribution in [2.24, 2.45) is 0 Å². The predicted octanol–water partition coefficient (Wildman–Crippen LogP) is 0.787. The van der Waals surface area contributed by atoms with Gasteiger partial charge in [0.1, 0.15) is 9.79 Å². The Kier molecular flexibility index (Phi) is 8.58. The second-order valence-electron chi connectivity index (χ2n) is 7.57. The van der Waals surface area contributed by atoms with Gasteiger partial charge < -0.3 is 0 Å². The number of nitrogens with one attached hydrogen (secondary N) is 2. The minimum atomic E-state index is -4.86. The monoisotopic (exact) mass is 584 g/mol. The number of anilines is 2. The number of benzene rings is 2. The van der Waals surface area contributed by atoms with Gasteiger partial charge in [-0.3, -0.25) is 18.5 Å². The van der Waals surface area contributed by atoms with Crippen LogP contribution >= 0.6 is 0 Å². The van der Waals surface area contributed by atoms with Gasteiger partial charge in [-0.15, -0.1) is 0 Å². The SMILES string of the molecule is CN(C)S(=O)(=O)Nc1ccc(/C=C/c2ccc(NS(=O)(=O)N(C)C)cc2S(=O)(=O)O)c(S(=O)(=O)O)c1. The predicted molar refractivity (Wildman–Crippen MR) is 134 cm³/mol. The molecule has 0 aliphatic rings. The highest BCUT2D eigenvalue weighted by molar-refractivity contribution is 7.90. The topological polar surface area (TPSA) is 208 Å². The number of hydrogen-bond donors (Lipinski definition) is 4. The van der Waals surface area contributed by atoms with Crippen molar-refractivity contribution in [1.82, 2.24) is 8.61 Å². The molecule has 0 atom stereocenters. The second-order valence-corrected chi connectivity index (χ2v) is 14.1. The van der Waals surface area contributed by atoms with E-state index in [0.29, 0.717) is 0 Å². The zero-order chi connectivity index (χ0) is 27.7. The first-order valence-electron chi connectivity index (χ1n) is 9.56. The lowest BCUT2D eigenvalue weighted by Gasteiger charge is -2.15. The zero-order valence-electron chi connectivity index (χ0n) is 19.3. The third kappa shape index (κ3) is 7.46. The summed E-state index contributed by atoms with van der Waals surface area (Å²) in [5, 5.41) is 0. The summed E-state index contributed by atoms with van der Waals surface area (Å²) in [4.78, 5) is -1.39. The van der Waals surface area contributed by atoms with Crippen LogP contribution in [0.4, 0.5) is 11.4 Å². The maximum atomic E-state index is 12.0. The van der Waals surface area contributed by atoms with Gasteiger partial charge in [-0.05, 0) is 35.4 Å². The molecule has 2 aromatic rings. The molecule has 0 aliphatic heterocycles. The Labute approximate surface area is 210 Å². The molecule has 0 aromatic heterocycles. The van der Waals surface area contributed by atoms with Crippen molar-refractivity contribution in [3.63, 3.8) is 0 Å². The van der Waals surface area contributed by atoms with Crippen LogP contribution in [0.5, 0.6) is 0 Å². The van der Waals surface area contributed by atoms with Crippen LogP contribution < -0.4 is 9.44 Å². The quantitative estimate of drug-likeness (QED) is 0.228. The van der Waals surface area contributed by atoms with Crippen LogP contribution in [0.15, 0.2) is 46.2 Å². The third-order valence-electron chi connectivity index (χ3n) is 4.48. The molecule has 2 rings (SSSR count). The van der Waals surface area contributed by atoms with Gasteiger partial charge >= 0.3 is 20.4 Å². The molecule has 0 aliphatic carbocycles. The van der Waals surface area contributed by atoms with E-state index in [4.69, 9.17) is 0 Å². The fourth-order valence-electron chi connectivity index (χ4n) is 2.58. The van der Waals surface area contributed by atoms with E-state index in [2.05, 4.69) is 9.44 Å². The summed E-state index contributed by atoms with van der Waals surface area (Å²) in [5.41, 5.74) is -0.651. The summed E-state index contributed by atoms with van der Waals surface area (Å²) >= 11 is 0. The summed E-state index contributed by atoms with van der Waals surface area (Å²) in [6.07, 6.45) is 2.20. The maximum absolute atomic E-state index is 12.0. The molecule has 0 bridgehead atoms. The van der Waals surface area contributed by atoms with Crippen LogP contribution in [0.3, 0.4) is 0 Å². The van der Waals surface area contributed by atoms with Crippen molar-refractivity contribution in [3.05, 3.63) is 47.5 Å². The summed E-state index contributed by atoms with van der Waals surface area (Å²) in [6.45, 7) is 0. The molecule has 0 saturated carbocycles. The van der Waals surface area contributed by atoms with Crippen molar-refractivity contribution >= 4 is 64.2 Å². The van der Waals surface area contributed by atoms with Crippen LogP contribution in [0.1, 0.15) is 11.1 Å². The second kappa shape index (κ2) is 10.4. The molecule has 18 heteroatoms. The van der Waals surface area contributed by atoms with Crippen LogP contribution in [0.2, 0.25) is 0 Å². The molecule has 0 spiro atoms. The van der Waals surface area contributed by atoms with Crippen molar-refractivity contribution in [2.45, 2.75) is 9.79 Å². The smallest absolute Gasteiger partial charge is 0.282 e. The Morgan fingerprint density at radius 2 is 0.917 bits per heavy atom. The molecular formula is C18H24N4O10S4. The van der Waals surface area contributed by atoms with Crippen molar-refractivity contribution in [2.75, 3.05) is 37.6 Å². The van der Waals surface area contributed by atoms with Crippen LogP contribution in [-0.4, -0.2) is 79.6 Å². The van der Waals surface area contributed by atoms with Crippen molar-refractivity contribution in [1.29, 1.82) is 0 Å². The van der Waals surface area contributed by atoms with Crippen molar-refractivity contribution in [3.8, 4) is 0 Å². The Hall–Kier alpha value is -2.58. The van der Waals surface area contributed by atoms with E-state index in [9.17, 15) is 42.8 Å². The Morgan fingerprint density at radius 3 is 1.17 bits per heavy atom. The molecular weight excluding hydrogens is 560 g/mol. The Balaban J connectivity index is 2.57. The molecule has 4 N–H and O–H groups in total. The molecule has 36 heavy (non-hydrogen) atoms. The molecule has 0 amide bonds. The zero-order valence-corrected chi connectivity index (χ0v) is 22.6. The van der Waals surface area contributed by atoms with E-state index in [0.717, 1.165) is 45.0 Å². The van der Waals surface area contributed by atoms with Gasteiger partial charge in [-0.1, -0.05) is 24.3 Å². The van der Waals surface area contributed by atoms with E-state index in [1.807, 2.05) is 0 Å². The number of hydrogen-bond acceptors (Lipinski definition) is 8. The van der Waals surface area contributed by atoms with Gasteiger partial charge in [0.15, 0.2) is 0 Å². The fraction of sp³-hybridized carbons (Fsp3) is 0.222. The summed E-state index contributed by atoms with van der Waals surface area (Å²) in [5.74, 6) is 0. The van der Waals surface area contributed by atoms with Crippen LogP contribution in [0, 0.1) is 0 Å². The molecule has 0 heterocycles. The first kappa shape index (κ1) is 29.6. The lowest BCUT2D eigenvalue weighted by Crippen LogP contribution is -2.29. The lowest BCUT2D eigenvalue weighted by molar-refractivity contribution is 0.480. The highest BCUT2D eigenvalue weighted by atomic mass is 32.2. The van der Waals surface area contributed by atoms with E-state index in [1.165, 1.54) is 40.3 Å². The van der Waals surface area contributed by atoms with Gasteiger partial charge in [-0.2, -0.15) is 42.3 Å². The first-order valence-corrected chi connectivity index (χ1v) is 15.3. The lowest BCUT2D eigenvalue weighted by atomic mass is 10.1. The molecule has 0 unspecified atom stereocenters. The summed E-state index contributed by atoms with van der Waals surface area (Å²) in [6, 6.07) is 6.44. The highest BCUT2D eigenvalue weighted by Gasteiger charge is 2.20. The molecule has 0 saturated heterocycles. The van der Waals surface area contributed by atoms with Gasteiger partial charge in [0, 0.05) is 28.2 Å². The molecule has 0 radical (unpaired) electrons. The van der Waals surface area contributed by atoms with Crippen LogP contribution in [-0.2, 0) is 40.7 Å². The molecule has 14 nitrogen and oxygen atoms in total. The van der Waals surface area contributed by atoms with E-state index >= 15 is 0 Å². The Morgan fingerprint density at radius 1 is 0.611 bits per heavy atom. The van der Waals surface area contributed by atoms with Gasteiger partial charge in [0.25, 0.3) is 20.2 Å².